The smallest absolute Gasteiger partial charge is 0.192 e. The first-order chi connectivity index (χ1) is 56.8. The van der Waals surface area contributed by atoms with Crippen LogP contribution in [-0.2, 0) is 37.5 Å². The standard InChI is InChI=1S/C26H39FO2Si.4C20H25FO2/c1-18(25(2,3)4)22-15-19(17-29-30(9,10)26(5,6)7)11-13-21(22)23-16-20(28-8)12-14-24(23)27;4*1-13(20(2,3)4)17-10-14(12-22)6-8-16(17)18-11-15(23-5)7-9-19(18)21/h11-16,18H,17H2,1-10H3;4*6-11,13,22H,12H2,1-5H3/t;2*13-;;/m.10../s1. The fraction of sp³-hybridized carbons (Fsp3) is 0.434. The minimum Gasteiger partial charge on any atom is -0.497 e. The van der Waals surface area contributed by atoms with Gasteiger partial charge in [-0.15, -0.1) is 0 Å². The predicted molar refractivity (Wildman–Crippen MR) is 497 cm³/mol. The molecule has 10 rings (SSSR count). The fourth-order valence-corrected chi connectivity index (χ4v) is 14.5. The van der Waals surface area contributed by atoms with Crippen LogP contribution >= 0.6 is 0 Å². The van der Waals surface area contributed by atoms with Crippen LogP contribution in [0.1, 0.15) is 244 Å². The summed E-state index contributed by atoms with van der Waals surface area (Å²) in [6.45, 7) is 55.2. The van der Waals surface area contributed by atoms with E-state index < -0.39 is 8.32 Å². The maximum atomic E-state index is 14.8. The summed E-state index contributed by atoms with van der Waals surface area (Å²) in [7, 11) is 6.06. The second kappa shape index (κ2) is 43.0. The average Bonchev–Trinajstić information content (AvgIpc) is 0.804. The molecule has 0 aromatic heterocycles. The van der Waals surface area contributed by atoms with Crippen molar-refractivity contribution < 1.29 is 70.5 Å². The third-order valence-corrected chi connectivity index (χ3v) is 29.3. The first-order valence-electron chi connectivity index (χ1n) is 42.2. The monoisotopic (exact) mass is 1700 g/mol. The van der Waals surface area contributed by atoms with Crippen LogP contribution in [0.15, 0.2) is 182 Å². The second-order valence-corrected chi connectivity index (χ2v) is 43.8. The molecule has 122 heavy (non-hydrogen) atoms. The average molecular weight is 1700 g/mol. The Morgan fingerprint density at radius 3 is 0.582 bits per heavy atom. The Morgan fingerprint density at radius 1 is 0.254 bits per heavy atom. The molecule has 3 unspecified atom stereocenters. The summed E-state index contributed by atoms with van der Waals surface area (Å²) in [5, 5.41) is 38.0. The zero-order valence-corrected chi connectivity index (χ0v) is 79.4. The SMILES string of the molecule is COc1ccc(F)c(-c2ccc(CO)cc2C(C)C(C)(C)C)c1.COc1ccc(F)c(-c2ccc(CO)cc2C(C)C(C)(C)C)c1.COc1ccc(F)c(-c2ccc(CO)cc2[C@@H](C)C(C)(C)C)c1.COc1ccc(F)c(-c2ccc(CO)cc2[C@H](C)C(C)(C)C)c1.COc1ccc(F)c(-c2ccc(CO[Si](C)(C)C(C)(C)C)cc2C(C)C(C)(C)C)c1. The summed E-state index contributed by atoms with van der Waals surface area (Å²) in [5.41, 5.74) is 16.9. The molecule has 10 aromatic rings. The van der Waals surface area contributed by atoms with Crippen LogP contribution in [0.5, 0.6) is 28.7 Å². The lowest BCUT2D eigenvalue weighted by atomic mass is 9.75. The lowest BCUT2D eigenvalue weighted by Crippen LogP contribution is -2.40. The molecule has 0 fully saturated rings. The molecule has 5 atom stereocenters. The van der Waals surface area contributed by atoms with E-state index in [0.717, 1.165) is 83.5 Å². The van der Waals surface area contributed by atoms with Crippen molar-refractivity contribution in [3.8, 4) is 84.4 Å². The topological polar surface area (TPSA) is 136 Å². The number of aliphatic hydroxyl groups excluding tert-OH is 4. The number of hydrogen-bond acceptors (Lipinski definition) is 10. The fourth-order valence-electron chi connectivity index (χ4n) is 13.6. The lowest BCUT2D eigenvalue weighted by Gasteiger charge is -2.36. The van der Waals surface area contributed by atoms with E-state index in [0.29, 0.717) is 63.2 Å². The highest BCUT2D eigenvalue weighted by molar-refractivity contribution is 6.74. The van der Waals surface area contributed by atoms with Gasteiger partial charge in [0, 0.05) is 27.8 Å². The molecule has 0 heterocycles. The van der Waals surface area contributed by atoms with Gasteiger partial charge in [-0.1, -0.05) is 250 Å². The maximum absolute atomic E-state index is 14.8. The van der Waals surface area contributed by atoms with E-state index in [-0.39, 0.29) is 117 Å². The Kier molecular flexibility index (Phi) is 35.8. The molecule has 0 radical (unpaired) electrons. The van der Waals surface area contributed by atoms with Crippen LogP contribution in [0.2, 0.25) is 18.1 Å². The largest absolute Gasteiger partial charge is 0.497 e. The molecule has 0 amide bonds. The van der Waals surface area contributed by atoms with E-state index in [1.54, 1.807) is 96.2 Å². The number of benzene rings is 10. The summed E-state index contributed by atoms with van der Waals surface area (Å²) >= 11 is 0. The van der Waals surface area contributed by atoms with Crippen LogP contribution in [0.4, 0.5) is 22.0 Å². The van der Waals surface area contributed by atoms with Gasteiger partial charge in [0.15, 0.2) is 8.32 Å². The van der Waals surface area contributed by atoms with E-state index in [4.69, 9.17) is 28.1 Å². The molecule has 0 aliphatic rings. The number of halogens is 5. The van der Waals surface area contributed by atoms with Crippen molar-refractivity contribution in [2.45, 2.75) is 240 Å². The Hall–Kier alpha value is -9.13. The van der Waals surface area contributed by atoms with Crippen LogP contribution in [0.3, 0.4) is 0 Å². The Balaban J connectivity index is 0.000000237. The molecule has 10 aromatic carbocycles. The first-order valence-corrected chi connectivity index (χ1v) is 45.1. The van der Waals surface area contributed by atoms with Gasteiger partial charge in [0.25, 0.3) is 0 Å². The van der Waals surface area contributed by atoms with E-state index >= 15 is 0 Å². The number of methoxy groups -OCH3 is 5. The van der Waals surface area contributed by atoms with Gasteiger partial charge in [0.05, 0.1) is 68.6 Å². The second-order valence-electron chi connectivity index (χ2n) is 39.0. The highest BCUT2D eigenvalue weighted by atomic mass is 28.4. The lowest BCUT2D eigenvalue weighted by molar-refractivity contribution is 0.276. The van der Waals surface area contributed by atoms with Crippen molar-refractivity contribution >= 4 is 8.32 Å². The molecular weight excluding hydrogens is 1560 g/mol. The van der Waals surface area contributed by atoms with E-state index in [2.05, 4.69) is 184 Å². The molecule has 0 saturated heterocycles. The van der Waals surface area contributed by atoms with Gasteiger partial charge >= 0.3 is 0 Å². The predicted octanol–water partition coefficient (Wildman–Crippen LogP) is 28.7. The van der Waals surface area contributed by atoms with Gasteiger partial charge in [-0.3, -0.25) is 0 Å². The summed E-state index contributed by atoms with van der Waals surface area (Å²) in [4.78, 5) is 0. The molecular formula is C106H139F5O10Si. The summed E-state index contributed by atoms with van der Waals surface area (Å²) in [6.07, 6.45) is 0. The molecule has 4 N–H and O–H groups in total. The van der Waals surface area contributed by atoms with Crippen LogP contribution < -0.4 is 23.7 Å². The minimum atomic E-state index is -1.84. The highest BCUT2D eigenvalue weighted by Crippen LogP contribution is 2.48. The third kappa shape index (κ3) is 26.7. The number of ether oxygens (including phenoxy) is 5. The molecule has 0 spiro atoms. The number of rotatable bonds is 22. The van der Waals surface area contributed by atoms with Crippen LogP contribution in [-0.4, -0.2) is 64.3 Å². The van der Waals surface area contributed by atoms with Crippen molar-refractivity contribution in [1.29, 1.82) is 0 Å². The highest BCUT2D eigenvalue weighted by Gasteiger charge is 2.38. The van der Waals surface area contributed by atoms with Gasteiger partial charge in [-0.05, 0) is 249 Å². The molecule has 0 aliphatic carbocycles. The van der Waals surface area contributed by atoms with Crippen molar-refractivity contribution in [3.05, 3.63) is 267 Å². The molecule has 0 saturated carbocycles. The van der Waals surface area contributed by atoms with Gasteiger partial charge in [0.2, 0.25) is 0 Å². The maximum Gasteiger partial charge on any atom is 0.192 e. The zero-order valence-electron chi connectivity index (χ0n) is 78.4. The quantitative estimate of drug-likeness (QED) is 0.0384. The van der Waals surface area contributed by atoms with E-state index in [1.807, 2.05) is 78.9 Å². The van der Waals surface area contributed by atoms with Crippen LogP contribution in [0.25, 0.3) is 55.6 Å². The first kappa shape index (κ1) is 102. The zero-order chi connectivity index (χ0) is 91.7. The van der Waals surface area contributed by atoms with E-state index in [9.17, 15) is 42.4 Å². The summed E-state index contributed by atoms with van der Waals surface area (Å²) < 4.78 is 105. The molecule has 662 valence electrons. The molecule has 0 bridgehead atoms. The summed E-state index contributed by atoms with van der Waals surface area (Å²) in [6, 6.07) is 53.2. The van der Waals surface area contributed by atoms with Gasteiger partial charge in [-0.25, -0.2) is 22.0 Å². The van der Waals surface area contributed by atoms with Gasteiger partial charge in [-0.2, -0.15) is 0 Å². The normalized spacial score (nSPS) is 13.2. The van der Waals surface area contributed by atoms with Crippen molar-refractivity contribution in [1.82, 2.24) is 0 Å². The molecule has 10 nitrogen and oxygen atoms in total. The number of hydrogen-bond donors (Lipinski definition) is 4. The molecule has 16 heteroatoms. The summed E-state index contributed by atoms with van der Waals surface area (Å²) in [5.74, 6) is 2.89. The number of aliphatic hydroxyl groups is 4. The Bertz CT molecular complexity index is 4600. The molecule has 0 aliphatic heterocycles. The van der Waals surface area contributed by atoms with Crippen molar-refractivity contribution in [3.63, 3.8) is 0 Å². The van der Waals surface area contributed by atoms with Crippen LogP contribution in [0, 0.1) is 56.2 Å². The third-order valence-electron chi connectivity index (χ3n) is 24.9. The van der Waals surface area contributed by atoms with Gasteiger partial charge < -0.3 is 48.5 Å². The van der Waals surface area contributed by atoms with Crippen molar-refractivity contribution in [2.75, 3.05) is 35.5 Å². The van der Waals surface area contributed by atoms with Crippen molar-refractivity contribution in [2.24, 2.45) is 27.1 Å². The Morgan fingerprint density at radius 2 is 0.426 bits per heavy atom. The Labute approximate surface area is 728 Å². The van der Waals surface area contributed by atoms with E-state index in [1.165, 1.54) is 30.3 Å². The van der Waals surface area contributed by atoms with Gasteiger partial charge in [0.1, 0.15) is 57.8 Å². The minimum absolute atomic E-state index is 0.0231.